The minimum atomic E-state index is 0.365. The van der Waals surface area contributed by atoms with E-state index in [1.54, 1.807) is 0 Å². The first-order valence-electron chi connectivity index (χ1n) is 7.17. The molecule has 0 radical (unpaired) electrons. The highest BCUT2D eigenvalue weighted by Gasteiger charge is 2.60. The van der Waals surface area contributed by atoms with E-state index < -0.39 is 0 Å². The number of carbonyl (C=O) groups excluding carboxylic acids is 1. The SMILES string of the molecule is CC1CC(CN)CN1C(=O)C1CC12CCCC2. The minimum absolute atomic E-state index is 0.365. The smallest absolute Gasteiger partial charge is 0.226 e. The van der Waals surface area contributed by atoms with Gasteiger partial charge in [0.2, 0.25) is 5.91 Å². The highest BCUT2D eigenvalue weighted by Crippen LogP contribution is 2.63. The Bertz CT molecular complexity index is 322. The molecule has 1 aliphatic heterocycles. The van der Waals surface area contributed by atoms with Crippen LogP contribution < -0.4 is 5.73 Å². The number of amides is 1. The van der Waals surface area contributed by atoms with Crippen LogP contribution in [0.4, 0.5) is 0 Å². The molecule has 1 saturated heterocycles. The third kappa shape index (κ3) is 1.79. The molecule has 3 nitrogen and oxygen atoms in total. The van der Waals surface area contributed by atoms with Gasteiger partial charge in [0.1, 0.15) is 0 Å². The fourth-order valence-corrected chi connectivity index (χ4v) is 4.15. The molecule has 0 aromatic heterocycles. The van der Waals surface area contributed by atoms with Crippen LogP contribution in [-0.2, 0) is 4.79 Å². The van der Waals surface area contributed by atoms with Crippen molar-refractivity contribution in [2.24, 2.45) is 23.0 Å². The van der Waals surface area contributed by atoms with Gasteiger partial charge < -0.3 is 10.6 Å². The molecule has 3 aliphatic rings. The first-order chi connectivity index (χ1) is 8.16. The molecule has 3 heteroatoms. The quantitative estimate of drug-likeness (QED) is 0.794. The van der Waals surface area contributed by atoms with E-state index in [0.717, 1.165) is 19.5 Å². The lowest BCUT2D eigenvalue weighted by atomic mass is 10.0. The van der Waals surface area contributed by atoms with Gasteiger partial charge in [0.15, 0.2) is 0 Å². The van der Waals surface area contributed by atoms with Gasteiger partial charge in [0.25, 0.3) is 0 Å². The van der Waals surface area contributed by atoms with E-state index in [9.17, 15) is 4.79 Å². The highest BCUT2D eigenvalue weighted by atomic mass is 16.2. The summed E-state index contributed by atoms with van der Waals surface area (Å²) in [7, 11) is 0. The van der Waals surface area contributed by atoms with E-state index >= 15 is 0 Å². The van der Waals surface area contributed by atoms with Gasteiger partial charge in [-0.15, -0.1) is 0 Å². The molecule has 3 fully saturated rings. The Morgan fingerprint density at radius 2 is 2.12 bits per heavy atom. The lowest BCUT2D eigenvalue weighted by molar-refractivity contribution is -0.134. The second-order valence-electron chi connectivity index (χ2n) is 6.50. The summed E-state index contributed by atoms with van der Waals surface area (Å²) in [6.07, 6.45) is 7.54. The fraction of sp³-hybridized carbons (Fsp3) is 0.929. The molecule has 3 atom stereocenters. The predicted molar refractivity (Wildman–Crippen MR) is 67.3 cm³/mol. The monoisotopic (exact) mass is 236 g/mol. The van der Waals surface area contributed by atoms with Crippen molar-refractivity contribution in [1.82, 2.24) is 4.90 Å². The van der Waals surface area contributed by atoms with Crippen molar-refractivity contribution in [2.45, 2.75) is 51.5 Å². The van der Waals surface area contributed by atoms with Gasteiger partial charge in [0.05, 0.1) is 0 Å². The van der Waals surface area contributed by atoms with E-state index in [2.05, 4.69) is 11.8 Å². The number of rotatable bonds is 2. The van der Waals surface area contributed by atoms with Crippen LogP contribution in [-0.4, -0.2) is 29.9 Å². The van der Waals surface area contributed by atoms with E-state index in [4.69, 9.17) is 5.73 Å². The van der Waals surface area contributed by atoms with Crippen LogP contribution in [0.15, 0.2) is 0 Å². The maximum absolute atomic E-state index is 12.5. The van der Waals surface area contributed by atoms with E-state index in [1.165, 1.54) is 32.1 Å². The van der Waals surface area contributed by atoms with Crippen LogP contribution in [0.5, 0.6) is 0 Å². The third-order valence-corrected chi connectivity index (χ3v) is 5.36. The molecule has 1 amide bonds. The maximum Gasteiger partial charge on any atom is 0.226 e. The van der Waals surface area contributed by atoms with Crippen molar-refractivity contribution >= 4 is 5.91 Å². The Morgan fingerprint density at radius 1 is 1.41 bits per heavy atom. The molecule has 1 spiro atoms. The van der Waals surface area contributed by atoms with Crippen molar-refractivity contribution in [3.05, 3.63) is 0 Å². The van der Waals surface area contributed by atoms with Crippen molar-refractivity contribution in [2.75, 3.05) is 13.1 Å². The Balaban J connectivity index is 1.64. The molecule has 96 valence electrons. The summed E-state index contributed by atoms with van der Waals surface area (Å²) >= 11 is 0. The Hall–Kier alpha value is -0.570. The van der Waals surface area contributed by atoms with Gasteiger partial charge in [0, 0.05) is 18.5 Å². The van der Waals surface area contributed by atoms with Gasteiger partial charge >= 0.3 is 0 Å². The second-order valence-corrected chi connectivity index (χ2v) is 6.50. The zero-order chi connectivity index (χ0) is 12.0. The topological polar surface area (TPSA) is 46.3 Å². The average Bonchev–Trinajstić information content (AvgIpc) is 2.66. The fourth-order valence-electron chi connectivity index (χ4n) is 4.15. The molecule has 3 unspecified atom stereocenters. The van der Waals surface area contributed by atoms with Crippen molar-refractivity contribution in [3.8, 4) is 0 Å². The maximum atomic E-state index is 12.5. The molecular formula is C14H24N2O. The van der Waals surface area contributed by atoms with Crippen molar-refractivity contribution < 1.29 is 4.79 Å². The first kappa shape index (κ1) is 11.5. The van der Waals surface area contributed by atoms with Crippen LogP contribution in [0.3, 0.4) is 0 Å². The predicted octanol–water partition coefficient (Wildman–Crippen LogP) is 1.76. The molecule has 3 rings (SSSR count). The number of nitrogens with zero attached hydrogens (tertiary/aromatic N) is 1. The number of nitrogens with two attached hydrogens (primary N) is 1. The van der Waals surface area contributed by atoms with Crippen LogP contribution >= 0.6 is 0 Å². The standard InChI is InChI=1S/C14H24N2O/c1-10-6-11(8-15)9-16(10)13(17)12-7-14(12)4-2-3-5-14/h10-12H,2-9,15H2,1H3. The zero-order valence-electron chi connectivity index (χ0n) is 10.8. The summed E-state index contributed by atoms with van der Waals surface area (Å²) in [6.45, 7) is 3.81. The average molecular weight is 236 g/mol. The second kappa shape index (κ2) is 3.98. The van der Waals surface area contributed by atoms with Crippen molar-refractivity contribution in [1.29, 1.82) is 0 Å². The van der Waals surface area contributed by atoms with E-state index in [1.807, 2.05) is 0 Å². The lowest BCUT2D eigenvalue weighted by Crippen LogP contribution is -2.36. The van der Waals surface area contributed by atoms with Crippen molar-refractivity contribution in [3.63, 3.8) is 0 Å². The zero-order valence-corrected chi connectivity index (χ0v) is 10.8. The van der Waals surface area contributed by atoms with Gasteiger partial charge in [-0.2, -0.15) is 0 Å². The molecule has 2 N–H and O–H groups in total. The summed E-state index contributed by atoms with van der Waals surface area (Å²) in [6, 6.07) is 0.412. The largest absolute Gasteiger partial charge is 0.339 e. The first-order valence-corrected chi connectivity index (χ1v) is 7.17. The lowest BCUT2D eigenvalue weighted by Gasteiger charge is -2.23. The molecule has 0 bridgehead atoms. The van der Waals surface area contributed by atoms with Crippen LogP contribution in [0.1, 0.15) is 45.4 Å². The Labute approximate surface area is 104 Å². The molecule has 0 aromatic rings. The third-order valence-electron chi connectivity index (χ3n) is 5.36. The summed E-state index contributed by atoms with van der Waals surface area (Å²) in [5.74, 6) is 1.34. The molecular weight excluding hydrogens is 212 g/mol. The van der Waals surface area contributed by atoms with Crippen LogP contribution in [0, 0.1) is 17.3 Å². The van der Waals surface area contributed by atoms with Gasteiger partial charge in [-0.1, -0.05) is 12.8 Å². The normalized spacial score (nSPS) is 38.9. The summed E-state index contributed by atoms with van der Waals surface area (Å²) in [4.78, 5) is 14.6. The molecule has 1 heterocycles. The summed E-state index contributed by atoms with van der Waals surface area (Å²) in [5, 5.41) is 0. The van der Waals surface area contributed by atoms with Crippen LogP contribution in [0.2, 0.25) is 0 Å². The van der Waals surface area contributed by atoms with Crippen LogP contribution in [0.25, 0.3) is 0 Å². The van der Waals surface area contributed by atoms with Gasteiger partial charge in [-0.05, 0) is 50.5 Å². The number of hydrogen-bond acceptors (Lipinski definition) is 2. The summed E-state index contributed by atoms with van der Waals surface area (Å²) < 4.78 is 0. The summed E-state index contributed by atoms with van der Waals surface area (Å²) in [5.41, 5.74) is 6.17. The molecule has 2 saturated carbocycles. The Morgan fingerprint density at radius 3 is 2.71 bits per heavy atom. The van der Waals surface area contributed by atoms with E-state index in [-0.39, 0.29) is 0 Å². The molecule has 2 aliphatic carbocycles. The number of likely N-dealkylation sites (tertiary alicyclic amines) is 1. The molecule has 0 aromatic carbocycles. The minimum Gasteiger partial charge on any atom is -0.339 e. The van der Waals surface area contributed by atoms with Gasteiger partial charge in [-0.25, -0.2) is 0 Å². The number of carbonyl (C=O) groups is 1. The van der Waals surface area contributed by atoms with E-state index in [0.29, 0.717) is 29.2 Å². The van der Waals surface area contributed by atoms with Gasteiger partial charge in [-0.3, -0.25) is 4.79 Å². The number of hydrogen-bond donors (Lipinski definition) is 1. The highest BCUT2D eigenvalue weighted by molar-refractivity contribution is 5.83. The Kier molecular flexibility index (Phi) is 2.69. The molecule has 17 heavy (non-hydrogen) atoms.